The highest BCUT2D eigenvalue weighted by atomic mass is 35.5. The summed E-state index contributed by atoms with van der Waals surface area (Å²) in [6.07, 6.45) is -4.73. The lowest BCUT2D eigenvalue weighted by molar-refractivity contribution is -0.137. The fraction of sp³-hybridized carbons (Fsp3) is 0.0714. The van der Waals surface area contributed by atoms with Crippen molar-refractivity contribution in [3.63, 3.8) is 0 Å². The Kier molecular flexibility index (Phi) is 4.00. The van der Waals surface area contributed by atoms with Crippen LogP contribution in [-0.2, 0) is 6.18 Å². The number of hydrogen-bond acceptors (Lipinski definition) is 1. The molecule has 2 rings (SSSR count). The van der Waals surface area contributed by atoms with Crippen molar-refractivity contribution in [3.05, 3.63) is 69.7 Å². The van der Waals surface area contributed by atoms with Crippen LogP contribution in [0.15, 0.2) is 36.4 Å². The molecule has 0 amide bonds. The first-order valence-corrected chi connectivity index (χ1v) is 5.94. The number of rotatable bonds is 2. The summed E-state index contributed by atoms with van der Waals surface area (Å²) >= 11 is 5.69. The van der Waals surface area contributed by atoms with Gasteiger partial charge < -0.3 is 0 Å². The minimum absolute atomic E-state index is 0.182. The van der Waals surface area contributed by atoms with Crippen molar-refractivity contribution in [3.8, 4) is 0 Å². The number of carbonyl (C=O) groups excluding carboxylic acids is 1. The Labute approximate surface area is 121 Å². The zero-order chi connectivity index (χ0) is 15.8. The summed E-state index contributed by atoms with van der Waals surface area (Å²) in [5.41, 5.74) is -2.41. The number of ketones is 1. The topological polar surface area (TPSA) is 17.1 Å². The normalized spacial score (nSPS) is 11.5. The summed E-state index contributed by atoms with van der Waals surface area (Å²) in [5.74, 6) is -3.08. The highest BCUT2D eigenvalue weighted by Crippen LogP contribution is 2.31. The van der Waals surface area contributed by atoms with Gasteiger partial charge in [-0.05, 0) is 36.4 Å². The van der Waals surface area contributed by atoms with E-state index in [9.17, 15) is 26.7 Å². The second-order valence-electron chi connectivity index (χ2n) is 4.15. The molecule has 0 bridgehead atoms. The van der Waals surface area contributed by atoms with E-state index in [0.29, 0.717) is 18.2 Å². The standard InChI is InChI=1S/C14H6ClF5O/c15-11-3-2-8(16)6-9(11)13(21)10-5-7(14(18,19)20)1-4-12(10)17/h1-6H. The van der Waals surface area contributed by atoms with Crippen molar-refractivity contribution in [2.75, 3.05) is 0 Å². The third-order valence-electron chi connectivity index (χ3n) is 2.71. The molecule has 0 aliphatic carbocycles. The smallest absolute Gasteiger partial charge is 0.288 e. The van der Waals surface area contributed by atoms with Crippen molar-refractivity contribution >= 4 is 17.4 Å². The summed E-state index contributed by atoms with van der Waals surface area (Å²) in [4.78, 5) is 12.1. The predicted octanol–water partition coefficient (Wildman–Crippen LogP) is 4.87. The van der Waals surface area contributed by atoms with E-state index in [-0.39, 0.29) is 5.02 Å². The maximum absolute atomic E-state index is 13.6. The highest BCUT2D eigenvalue weighted by molar-refractivity contribution is 6.35. The lowest BCUT2D eigenvalue weighted by atomic mass is 10.0. The van der Waals surface area contributed by atoms with Gasteiger partial charge in [0.05, 0.1) is 16.1 Å². The summed E-state index contributed by atoms with van der Waals surface area (Å²) in [6, 6.07) is 4.20. The third kappa shape index (κ3) is 3.21. The molecule has 21 heavy (non-hydrogen) atoms. The van der Waals surface area contributed by atoms with Crippen LogP contribution in [0.1, 0.15) is 21.5 Å². The summed E-state index contributed by atoms with van der Waals surface area (Å²) in [5, 5.41) is -0.182. The monoisotopic (exact) mass is 320 g/mol. The number of carbonyl (C=O) groups is 1. The summed E-state index contributed by atoms with van der Waals surface area (Å²) < 4.78 is 64.5. The lowest BCUT2D eigenvalue weighted by Crippen LogP contribution is -2.10. The minimum atomic E-state index is -4.73. The molecule has 2 aromatic rings. The maximum Gasteiger partial charge on any atom is 0.416 e. The Morgan fingerprint density at radius 3 is 2.24 bits per heavy atom. The maximum atomic E-state index is 13.6. The van der Waals surface area contributed by atoms with Crippen LogP contribution in [0.25, 0.3) is 0 Å². The number of alkyl halides is 3. The van der Waals surface area contributed by atoms with E-state index in [4.69, 9.17) is 11.6 Å². The first-order valence-electron chi connectivity index (χ1n) is 5.56. The first kappa shape index (κ1) is 15.4. The van der Waals surface area contributed by atoms with Crippen LogP contribution >= 0.6 is 11.6 Å². The van der Waals surface area contributed by atoms with Crippen molar-refractivity contribution in [1.82, 2.24) is 0 Å². The summed E-state index contributed by atoms with van der Waals surface area (Å²) in [6.45, 7) is 0. The molecule has 0 aliphatic heterocycles. The molecular weight excluding hydrogens is 315 g/mol. The van der Waals surface area contributed by atoms with Gasteiger partial charge in [0.25, 0.3) is 0 Å². The Morgan fingerprint density at radius 2 is 1.62 bits per heavy atom. The van der Waals surface area contributed by atoms with Gasteiger partial charge in [0.15, 0.2) is 5.78 Å². The number of hydrogen-bond donors (Lipinski definition) is 0. The van der Waals surface area contributed by atoms with Gasteiger partial charge in [0.2, 0.25) is 0 Å². The summed E-state index contributed by atoms with van der Waals surface area (Å²) in [7, 11) is 0. The quantitative estimate of drug-likeness (QED) is 0.570. The first-order chi connectivity index (χ1) is 9.70. The molecule has 7 heteroatoms. The van der Waals surface area contributed by atoms with E-state index < -0.39 is 40.3 Å². The molecule has 0 fully saturated rings. The zero-order valence-electron chi connectivity index (χ0n) is 10.1. The van der Waals surface area contributed by atoms with Crippen LogP contribution in [0.5, 0.6) is 0 Å². The molecule has 2 aromatic carbocycles. The molecule has 0 aromatic heterocycles. The lowest BCUT2D eigenvalue weighted by Gasteiger charge is -2.10. The second-order valence-corrected chi connectivity index (χ2v) is 4.55. The molecule has 0 heterocycles. The van der Waals surface area contributed by atoms with Gasteiger partial charge in [-0.1, -0.05) is 11.6 Å². The Bertz CT molecular complexity index is 709. The molecule has 0 atom stereocenters. The molecule has 0 aliphatic rings. The van der Waals surface area contributed by atoms with E-state index >= 15 is 0 Å². The largest absolute Gasteiger partial charge is 0.416 e. The molecular formula is C14H6ClF5O. The minimum Gasteiger partial charge on any atom is -0.288 e. The van der Waals surface area contributed by atoms with Crippen molar-refractivity contribution < 1.29 is 26.7 Å². The van der Waals surface area contributed by atoms with E-state index in [1.165, 1.54) is 0 Å². The predicted molar refractivity (Wildman–Crippen MR) is 66.2 cm³/mol. The second kappa shape index (κ2) is 5.44. The van der Waals surface area contributed by atoms with E-state index in [2.05, 4.69) is 0 Å². The zero-order valence-corrected chi connectivity index (χ0v) is 10.9. The van der Waals surface area contributed by atoms with Gasteiger partial charge in [-0.25, -0.2) is 8.78 Å². The Balaban J connectivity index is 2.55. The fourth-order valence-electron chi connectivity index (χ4n) is 1.69. The van der Waals surface area contributed by atoms with Crippen molar-refractivity contribution in [1.29, 1.82) is 0 Å². The van der Waals surface area contributed by atoms with Gasteiger partial charge in [-0.3, -0.25) is 4.79 Å². The molecule has 0 unspecified atom stereocenters. The molecule has 0 radical (unpaired) electrons. The molecule has 0 saturated carbocycles. The fourth-order valence-corrected chi connectivity index (χ4v) is 1.90. The van der Waals surface area contributed by atoms with Gasteiger partial charge in [-0.15, -0.1) is 0 Å². The molecule has 0 N–H and O–H groups in total. The van der Waals surface area contributed by atoms with Crippen LogP contribution in [0.3, 0.4) is 0 Å². The van der Waals surface area contributed by atoms with Crippen LogP contribution in [-0.4, -0.2) is 5.78 Å². The average molecular weight is 321 g/mol. The molecule has 0 saturated heterocycles. The Hall–Kier alpha value is -1.95. The van der Waals surface area contributed by atoms with Crippen molar-refractivity contribution in [2.45, 2.75) is 6.18 Å². The van der Waals surface area contributed by atoms with Gasteiger partial charge in [0, 0.05) is 5.56 Å². The number of benzene rings is 2. The van der Waals surface area contributed by atoms with Gasteiger partial charge in [-0.2, -0.15) is 13.2 Å². The van der Waals surface area contributed by atoms with Crippen LogP contribution in [0, 0.1) is 11.6 Å². The molecule has 110 valence electrons. The van der Waals surface area contributed by atoms with Crippen molar-refractivity contribution in [2.24, 2.45) is 0 Å². The molecule has 0 spiro atoms. The van der Waals surface area contributed by atoms with Gasteiger partial charge in [0.1, 0.15) is 11.6 Å². The van der Waals surface area contributed by atoms with Crippen LogP contribution < -0.4 is 0 Å². The van der Waals surface area contributed by atoms with Crippen LogP contribution in [0.2, 0.25) is 5.02 Å². The SMILES string of the molecule is O=C(c1cc(C(F)(F)F)ccc1F)c1cc(F)ccc1Cl. The highest BCUT2D eigenvalue weighted by Gasteiger charge is 2.32. The van der Waals surface area contributed by atoms with Crippen LogP contribution in [0.4, 0.5) is 22.0 Å². The Morgan fingerprint density at radius 1 is 0.952 bits per heavy atom. The van der Waals surface area contributed by atoms with E-state index in [1.807, 2.05) is 0 Å². The molecule has 1 nitrogen and oxygen atoms in total. The number of halogens is 6. The van der Waals surface area contributed by atoms with E-state index in [1.54, 1.807) is 0 Å². The van der Waals surface area contributed by atoms with E-state index in [0.717, 1.165) is 18.2 Å². The third-order valence-corrected chi connectivity index (χ3v) is 3.04. The van der Waals surface area contributed by atoms with Gasteiger partial charge >= 0.3 is 6.18 Å². The average Bonchev–Trinajstić information content (AvgIpc) is 2.40.